The summed E-state index contributed by atoms with van der Waals surface area (Å²) >= 11 is 0. The molecule has 5 heteroatoms. The Bertz CT molecular complexity index is 591. The lowest BCUT2D eigenvalue weighted by Gasteiger charge is -2.21. The Hall–Kier alpha value is -2.14. The minimum atomic E-state index is -0.695. The molecule has 19 heavy (non-hydrogen) atoms. The summed E-state index contributed by atoms with van der Waals surface area (Å²) in [5.41, 5.74) is 8.64. The third kappa shape index (κ3) is 2.82. The second-order valence-corrected chi connectivity index (χ2v) is 4.66. The van der Waals surface area contributed by atoms with Crippen molar-refractivity contribution >= 4 is 11.6 Å². The Morgan fingerprint density at radius 2 is 2.21 bits per heavy atom. The summed E-state index contributed by atoms with van der Waals surface area (Å²) in [6.07, 6.45) is 3.37. The van der Waals surface area contributed by atoms with E-state index in [1.54, 1.807) is 36.1 Å². The van der Waals surface area contributed by atoms with Gasteiger partial charge in [-0.15, -0.1) is 0 Å². The lowest BCUT2D eigenvalue weighted by atomic mass is 10.1. The van der Waals surface area contributed by atoms with Crippen LogP contribution in [0.5, 0.6) is 0 Å². The fraction of sp³-hybridized carbons (Fsp3) is 0.286. The SMILES string of the molecule is Cc1cccc(N(C)C(=O)C(N)c2cnn(C)c2)c1. The number of likely N-dealkylation sites (N-methyl/N-ethyl adjacent to an activating group) is 1. The van der Waals surface area contributed by atoms with Gasteiger partial charge >= 0.3 is 0 Å². The lowest BCUT2D eigenvalue weighted by Crippen LogP contribution is -2.35. The highest BCUT2D eigenvalue weighted by Gasteiger charge is 2.22. The molecule has 2 N–H and O–H groups in total. The molecule has 0 bridgehead atoms. The Morgan fingerprint density at radius 1 is 1.47 bits per heavy atom. The molecule has 1 aromatic heterocycles. The molecule has 0 saturated carbocycles. The summed E-state index contributed by atoms with van der Waals surface area (Å²) < 4.78 is 1.63. The van der Waals surface area contributed by atoms with Crippen LogP contribution in [0.3, 0.4) is 0 Å². The number of anilines is 1. The first-order valence-electron chi connectivity index (χ1n) is 6.07. The molecule has 0 aliphatic carbocycles. The van der Waals surface area contributed by atoms with Crippen molar-refractivity contribution in [1.29, 1.82) is 0 Å². The van der Waals surface area contributed by atoms with Crippen molar-refractivity contribution in [2.24, 2.45) is 12.8 Å². The number of carbonyl (C=O) groups is 1. The van der Waals surface area contributed by atoms with Gasteiger partial charge in [-0.25, -0.2) is 0 Å². The van der Waals surface area contributed by atoms with E-state index in [1.807, 2.05) is 31.2 Å². The molecular weight excluding hydrogens is 240 g/mol. The van der Waals surface area contributed by atoms with Crippen LogP contribution in [0.2, 0.25) is 0 Å². The minimum absolute atomic E-state index is 0.154. The molecule has 1 unspecified atom stereocenters. The molecule has 2 aromatic rings. The Morgan fingerprint density at radius 3 is 2.79 bits per heavy atom. The molecule has 100 valence electrons. The summed E-state index contributed by atoms with van der Waals surface area (Å²) in [5, 5.41) is 4.03. The molecular formula is C14H18N4O. The first kappa shape index (κ1) is 13.3. The zero-order valence-corrected chi connectivity index (χ0v) is 11.4. The van der Waals surface area contributed by atoms with Crippen LogP contribution in [-0.4, -0.2) is 22.7 Å². The van der Waals surface area contributed by atoms with E-state index in [2.05, 4.69) is 5.10 Å². The van der Waals surface area contributed by atoms with Crippen molar-refractivity contribution in [3.05, 3.63) is 47.8 Å². The largest absolute Gasteiger partial charge is 0.316 e. The first-order chi connectivity index (χ1) is 8.99. The number of benzene rings is 1. The highest BCUT2D eigenvalue weighted by atomic mass is 16.2. The van der Waals surface area contributed by atoms with E-state index < -0.39 is 6.04 Å². The predicted molar refractivity (Wildman–Crippen MR) is 74.7 cm³/mol. The van der Waals surface area contributed by atoms with E-state index in [-0.39, 0.29) is 5.91 Å². The number of hydrogen-bond acceptors (Lipinski definition) is 3. The molecule has 0 aliphatic rings. The van der Waals surface area contributed by atoms with Crippen molar-refractivity contribution in [3.63, 3.8) is 0 Å². The van der Waals surface area contributed by atoms with Crippen molar-refractivity contribution in [3.8, 4) is 0 Å². The van der Waals surface area contributed by atoms with Gasteiger partial charge in [0.1, 0.15) is 6.04 Å². The van der Waals surface area contributed by atoms with E-state index in [0.29, 0.717) is 5.56 Å². The maximum Gasteiger partial charge on any atom is 0.248 e. The number of nitrogens with zero attached hydrogens (tertiary/aromatic N) is 3. The van der Waals surface area contributed by atoms with Gasteiger partial charge in [-0.05, 0) is 24.6 Å². The summed E-state index contributed by atoms with van der Waals surface area (Å²) in [5.74, 6) is -0.154. The van der Waals surface area contributed by atoms with E-state index >= 15 is 0 Å². The zero-order valence-electron chi connectivity index (χ0n) is 11.4. The van der Waals surface area contributed by atoms with Crippen molar-refractivity contribution in [2.45, 2.75) is 13.0 Å². The maximum absolute atomic E-state index is 12.3. The highest BCUT2D eigenvalue weighted by Crippen LogP contribution is 2.19. The van der Waals surface area contributed by atoms with Crippen molar-refractivity contribution in [2.75, 3.05) is 11.9 Å². The fourth-order valence-corrected chi connectivity index (χ4v) is 1.92. The average Bonchev–Trinajstić information content (AvgIpc) is 2.83. The minimum Gasteiger partial charge on any atom is -0.316 e. The first-order valence-corrected chi connectivity index (χ1v) is 6.07. The van der Waals surface area contributed by atoms with Gasteiger partial charge in [-0.3, -0.25) is 9.48 Å². The van der Waals surface area contributed by atoms with Crippen LogP contribution in [0.15, 0.2) is 36.7 Å². The molecule has 2 rings (SSSR count). The highest BCUT2D eigenvalue weighted by molar-refractivity contribution is 5.97. The quantitative estimate of drug-likeness (QED) is 0.905. The second-order valence-electron chi connectivity index (χ2n) is 4.66. The van der Waals surface area contributed by atoms with E-state index in [1.165, 1.54) is 0 Å². The Labute approximate surface area is 112 Å². The standard InChI is InChI=1S/C14H18N4O/c1-10-5-4-6-12(7-10)18(3)14(19)13(15)11-8-16-17(2)9-11/h4-9,13H,15H2,1-3H3. The van der Waals surface area contributed by atoms with E-state index in [9.17, 15) is 4.79 Å². The molecule has 0 saturated heterocycles. The van der Waals surface area contributed by atoms with Crippen LogP contribution < -0.4 is 10.6 Å². The molecule has 5 nitrogen and oxygen atoms in total. The van der Waals surface area contributed by atoms with Gasteiger partial charge in [-0.1, -0.05) is 12.1 Å². The number of aryl methyl sites for hydroxylation is 2. The van der Waals surface area contributed by atoms with Crippen LogP contribution in [0.1, 0.15) is 17.2 Å². The van der Waals surface area contributed by atoms with Gasteiger partial charge in [-0.2, -0.15) is 5.10 Å². The van der Waals surface area contributed by atoms with Gasteiger partial charge in [0, 0.05) is 31.5 Å². The van der Waals surface area contributed by atoms with Crippen LogP contribution in [0.4, 0.5) is 5.69 Å². The number of hydrogen-bond donors (Lipinski definition) is 1. The number of amides is 1. The summed E-state index contributed by atoms with van der Waals surface area (Å²) in [4.78, 5) is 13.9. The van der Waals surface area contributed by atoms with Crippen molar-refractivity contribution in [1.82, 2.24) is 9.78 Å². The lowest BCUT2D eigenvalue weighted by molar-refractivity contribution is -0.119. The molecule has 1 atom stereocenters. The molecule has 0 fully saturated rings. The summed E-state index contributed by atoms with van der Waals surface area (Å²) in [6, 6.07) is 7.06. The van der Waals surface area contributed by atoms with Gasteiger partial charge in [0.05, 0.1) is 6.20 Å². The van der Waals surface area contributed by atoms with E-state index in [0.717, 1.165) is 11.3 Å². The third-order valence-electron chi connectivity index (χ3n) is 3.07. The Kier molecular flexibility index (Phi) is 3.66. The monoisotopic (exact) mass is 258 g/mol. The molecule has 0 aliphatic heterocycles. The molecule has 1 amide bonds. The van der Waals surface area contributed by atoms with Gasteiger partial charge in [0.25, 0.3) is 0 Å². The molecule has 1 heterocycles. The van der Waals surface area contributed by atoms with Gasteiger partial charge in [0.2, 0.25) is 5.91 Å². The average molecular weight is 258 g/mol. The third-order valence-corrected chi connectivity index (χ3v) is 3.07. The normalized spacial score (nSPS) is 12.2. The Balaban J connectivity index is 2.19. The molecule has 0 radical (unpaired) electrons. The van der Waals surface area contributed by atoms with Gasteiger partial charge in [0.15, 0.2) is 0 Å². The van der Waals surface area contributed by atoms with Gasteiger partial charge < -0.3 is 10.6 Å². The predicted octanol–water partition coefficient (Wildman–Crippen LogP) is 1.39. The molecule has 1 aromatic carbocycles. The van der Waals surface area contributed by atoms with Crippen LogP contribution in [-0.2, 0) is 11.8 Å². The number of rotatable bonds is 3. The number of nitrogens with two attached hydrogens (primary N) is 1. The summed E-state index contributed by atoms with van der Waals surface area (Å²) in [7, 11) is 3.53. The van der Waals surface area contributed by atoms with Crippen LogP contribution >= 0.6 is 0 Å². The fourth-order valence-electron chi connectivity index (χ4n) is 1.92. The number of carbonyl (C=O) groups excluding carboxylic acids is 1. The van der Waals surface area contributed by atoms with Crippen LogP contribution in [0.25, 0.3) is 0 Å². The summed E-state index contributed by atoms with van der Waals surface area (Å²) in [6.45, 7) is 1.99. The topological polar surface area (TPSA) is 64.2 Å². The second kappa shape index (κ2) is 5.24. The maximum atomic E-state index is 12.3. The zero-order chi connectivity index (χ0) is 14.0. The van der Waals surface area contributed by atoms with Crippen molar-refractivity contribution < 1.29 is 4.79 Å². The number of aromatic nitrogens is 2. The van der Waals surface area contributed by atoms with Crippen LogP contribution in [0, 0.1) is 6.92 Å². The molecule has 0 spiro atoms. The smallest absolute Gasteiger partial charge is 0.248 e. The van der Waals surface area contributed by atoms with E-state index in [4.69, 9.17) is 5.73 Å².